The van der Waals surface area contributed by atoms with Gasteiger partial charge in [0, 0.05) is 25.4 Å². The summed E-state index contributed by atoms with van der Waals surface area (Å²) in [6.45, 7) is 1.87. The fourth-order valence-corrected chi connectivity index (χ4v) is 3.54. The molecule has 1 fully saturated rings. The van der Waals surface area contributed by atoms with Gasteiger partial charge >= 0.3 is 5.97 Å². The summed E-state index contributed by atoms with van der Waals surface area (Å²) in [5.74, 6) is 1.02. The summed E-state index contributed by atoms with van der Waals surface area (Å²) >= 11 is 0. The van der Waals surface area contributed by atoms with Crippen LogP contribution >= 0.6 is 0 Å². The standard InChI is InChI=1S/C15H16O6/c1-7(17)18-5-11-10(4-16)14-8-2-12-13(20-6-19-12)3-9(8)15(11)21-14/h2-3,10-11,14-16H,4-6H2,1H3/t10-,11+,14+,15?/m0/s1. The molecule has 4 atom stereocenters. The average molecular weight is 292 g/mol. The largest absolute Gasteiger partial charge is 0.465 e. The summed E-state index contributed by atoms with van der Waals surface area (Å²) in [7, 11) is 0. The van der Waals surface area contributed by atoms with Crippen molar-refractivity contribution in [3.05, 3.63) is 23.3 Å². The van der Waals surface area contributed by atoms with E-state index in [2.05, 4.69) is 0 Å². The van der Waals surface area contributed by atoms with Gasteiger partial charge in [-0.2, -0.15) is 0 Å². The highest BCUT2D eigenvalue weighted by molar-refractivity contribution is 5.66. The maximum atomic E-state index is 11.0. The lowest BCUT2D eigenvalue weighted by atomic mass is 9.76. The Kier molecular flexibility index (Phi) is 2.83. The minimum Gasteiger partial charge on any atom is -0.465 e. The van der Waals surface area contributed by atoms with Gasteiger partial charge in [0.2, 0.25) is 6.79 Å². The van der Waals surface area contributed by atoms with E-state index in [1.54, 1.807) is 0 Å². The SMILES string of the molecule is CC(=O)OC[C@H]1C2O[C@H](c3cc4c(cc32)OCO4)[C@H]1CO. The first kappa shape index (κ1) is 12.9. The van der Waals surface area contributed by atoms with Crippen LogP contribution in [-0.2, 0) is 14.3 Å². The van der Waals surface area contributed by atoms with Crippen LogP contribution < -0.4 is 9.47 Å². The minimum atomic E-state index is -0.319. The molecule has 1 saturated heterocycles. The summed E-state index contributed by atoms with van der Waals surface area (Å²) in [5.41, 5.74) is 2.09. The monoisotopic (exact) mass is 292 g/mol. The molecule has 3 heterocycles. The van der Waals surface area contributed by atoms with Crippen molar-refractivity contribution < 1.29 is 28.8 Å². The molecule has 1 aromatic rings. The lowest BCUT2D eigenvalue weighted by Gasteiger charge is -2.27. The lowest BCUT2D eigenvalue weighted by molar-refractivity contribution is -0.143. The molecular weight excluding hydrogens is 276 g/mol. The number of benzene rings is 1. The molecule has 0 aliphatic carbocycles. The summed E-state index contributed by atoms with van der Waals surface area (Å²) in [4.78, 5) is 11.0. The highest BCUT2D eigenvalue weighted by atomic mass is 16.7. The van der Waals surface area contributed by atoms with E-state index in [4.69, 9.17) is 18.9 Å². The van der Waals surface area contributed by atoms with Crippen LogP contribution in [0.4, 0.5) is 0 Å². The van der Waals surface area contributed by atoms with Gasteiger partial charge in [0.05, 0.1) is 18.8 Å². The third-order valence-corrected chi connectivity index (χ3v) is 4.50. The van der Waals surface area contributed by atoms with Crippen molar-refractivity contribution in [1.82, 2.24) is 0 Å². The maximum Gasteiger partial charge on any atom is 0.302 e. The molecule has 21 heavy (non-hydrogen) atoms. The van der Waals surface area contributed by atoms with Gasteiger partial charge in [-0.3, -0.25) is 4.79 Å². The highest BCUT2D eigenvalue weighted by Gasteiger charge is 2.53. The summed E-state index contributed by atoms with van der Waals surface area (Å²) in [6.07, 6.45) is -0.346. The zero-order chi connectivity index (χ0) is 14.6. The molecule has 1 unspecified atom stereocenters. The van der Waals surface area contributed by atoms with Crippen molar-refractivity contribution in [2.24, 2.45) is 11.8 Å². The Hall–Kier alpha value is -1.79. The number of hydrogen-bond donors (Lipinski definition) is 1. The Bertz CT molecular complexity index is 598. The molecule has 0 amide bonds. The number of ether oxygens (including phenoxy) is 4. The number of hydrogen-bond acceptors (Lipinski definition) is 6. The van der Waals surface area contributed by atoms with E-state index in [9.17, 15) is 9.90 Å². The van der Waals surface area contributed by atoms with Crippen molar-refractivity contribution in [3.63, 3.8) is 0 Å². The second-order valence-corrected chi connectivity index (χ2v) is 5.62. The summed E-state index contributed by atoms with van der Waals surface area (Å²) in [5, 5.41) is 9.67. The Balaban J connectivity index is 1.68. The molecule has 0 aromatic heterocycles. The van der Waals surface area contributed by atoms with Crippen LogP contribution in [0.2, 0.25) is 0 Å². The van der Waals surface area contributed by atoms with E-state index >= 15 is 0 Å². The Morgan fingerprint density at radius 3 is 2.43 bits per heavy atom. The first-order valence-electron chi connectivity index (χ1n) is 7.02. The van der Waals surface area contributed by atoms with Crippen molar-refractivity contribution in [2.75, 3.05) is 20.0 Å². The molecule has 6 heteroatoms. The van der Waals surface area contributed by atoms with Crippen molar-refractivity contribution in [2.45, 2.75) is 19.1 Å². The molecule has 112 valence electrons. The van der Waals surface area contributed by atoms with E-state index in [1.807, 2.05) is 12.1 Å². The summed E-state index contributed by atoms with van der Waals surface area (Å²) < 4.78 is 21.9. The predicted molar refractivity (Wildman–Crippen MR) is 69.8 cm³/mol. The van der Waals surface area contributed by atoms with Crippen LogP contribution in [0.15, 0.2) is 12.1 Å². The molecule has 6 nitrogen and oxygen atoms in total. The smallest absolute Gasteiger partial charge is 0.302 e. The topological polar surface area (TPSA) is 74.2 Å². The zero-order valence-corrected chi connectivity index (χ0v) is 11.6. The minimum absolute atomic E-state index is 0.000972. The van der Waals surface area contributed by atoms with Crippen LogP contribution in [-0.4, -0.2) is 31.1 Å². The van der Waals surface area contributed by atoms with Crippen LogP contribution in [0.1, 0.15) is 30.3 Å². The summed E-state index contributed by atoms with van der Waals surface area (Å²) in [6, 6.07) is 3.88. The number of rotatable bonds is 3. The van der Waals surface area contributed by atoms with Crippen molar-refractivity contribution in [3.8, 4) is 11.5 Å². The molecule has 4 rings (SSSR count). The number of carbonyl (C=O) groups excluding carboxylic acids is 1. The first-order valence-corrected chi connectivity index (χ1v) is 7.02. The van der Waals surface area contributed by atoms with E-state index in [0.29, 0.717) is 0 Å². The molecule has 1 aromatic carbocycles. The normalized spacial score (nSPS) is 31.3. The van der Waals surface area contributed by atoms with Gasteiger partial charge in [-0.25, -0.2) is 0 Å². The molecule has 0 saturated carbocycles. The van der Waals surface area contributed by atoms with Gasteiger partial charge in [-0.05, 0) is 23.3 Å². The van der Waals surface area contributed by atoms with Gasteiger partial charge in [-0.15, -0.1) is 0 Å². The fraction of sp³-hybridized carbons (Fsp3) is 0.533. The van der Waals surface area contributed by atoms with Gasteiger partial charge in [0.15, 0.2) is 11.5 Å². The maximum absolute atomic E-state index is 11.0. The number of aliphatic hydroxyl groups excluding tert-OH is 1. The third kappa shape index (κ3) is 1.82. The van der Waals surface area contributed by atoms with Crippen LogP contribution in [0.5, 0.6) is 11.5 Å². The van der Waals surface area contributed by atoms with E-state index in [-0.39, 0.29) is 50.0 Å². The van der Waals surface area contributed by atoms with Gasteiger partial charge in [0.1, 0.15) is 0 Å². The van der Waals surface area contributed by atoms with Crippen LogP contribution in [0, 0.1) is 11.8 Å². The van der Waals surface area contributed by atoms with Crippen molar-refractivity contribution >= 4 is 5.97 Å². The van der Waals surface area contributed by atoms with Crippen LogP contribution in [0.25, 0.3) is 0 Å². The molecule has 3 aliphatic heterocycles. The molecule has 0 spiro atoms. The van der Waals surface area contributed by atoms with E-state index in [0.717, 1.165) is 22.6 Å². The molecule has 3 aliphatic rings. The molecule has 1 N–H and O–H groups in total. The van der Waals surface area contributed by atoms with Gasteiger partial charge < -0.3 is 24.1 Å². The Labute approximate surface area is 121 Å². The number of carbonyl (C=O) groups is 1. The Morgan fingerprint density at radius 2 is 1.86 bits per heavy atom. The third-order valence-electron chi connectivity index (χ3n) is 4.50. The lowest BCUT2D eigenvalue weighted by Crippen LogP contribution is -2.29. The predicted octanol–water partition coefficient (Wildman–Crippen LogP) is 1.33. The van der Waals surface area contributed by atoms with Gasteiger partial charge in [-0.1, -0.05) is 0 Å². The fourth-order valence-electron chi connectivity index (χ4n) is 3.54. The van der Waals surface area contributed by atoms with Crippen molar-refractivity contribution in [1.29, 1.82) is 0 Å². The second-order valence-electron chi connectivity index (χ2n) is 5.62. The van der Waals surface area contributed by atoms with Gasteiger partial charge in [0.25, 0.3) is 0 Å². The molecule has 2 bridgehead atoms. The van der Waals surface area contributed by atoms with E-state index in [1.165, 1.54) is 6.92 Å². The average Bonchev–Trinajstić information content (AvgIpc) is 3.14. The molecule has 0 radical (unpaired) electrons. The highest BCUT2D eigenvalue weighted by Crippen LogP contribution is 2.59. The first-order chi connectivity index (χ1) is 10.2. The quantitative estimate of drug-likeness (QED) is 0.847. The number of esters is 1. The van der Waals surface area contributed by atoms with E-state index < -0.39 is 0 Å². The number of fused-ring (bicyclic) bond motifs is 6. The zero-order valence-electron chi connectivity index (χ0n) is 11.6. The van der Waals surface area contributed by atoms with Crippen LogP contribution in [0.3, 0.4) is 0 Å². The second kappa shape index (κ2) is 4.61. The Morgan fingerprint density at radius 1 is 1.24 bits per heavy atom. The number of aliphatic hydroxyl groups is 1. The molecular formula is C15H16O6.